The molecule has 0 saturated heterocycles. The lowest BCUT2D eigenvalue weighted by Crippen LogP contribution is -2.44. The van der Waals surface area contributed by atoms with Gasteiger partial charge in [-0.05, 0) is 42.7 Å². The highest BCUT2D eigenvalue weighted by atomic mass is 16.6. The Hall–Kier alpha value is -3.02. The molecule has 1 amide bonds. The molecule has 3 heterocycles. The molecule has 27 heavy (non-hydrogen) atoms. The summed E-state index contributed by atoms with van der Waals surface area (Å²) in [6.45, 7) is 3.86. The lowest BCUT2D eigenvalue weighted by Gasteiger charge is -2.25. The number of carbonyl (C=O) groups is 1. The van der Waals surface area contributed by atoms with Gasteiger partial charge in [-0.1, -0.05) is 19.1 Å². The van der Waals surface area contributed by atoms with Gasteiger partial charge in [-0.2, -0.15) is 0 Å². The summed E-state index contributed by atoms with van der Waals surface area (Å²) in [5.41, 5.74) is 2.19. The Morgan fingerprint density at radius 3 is 2.96 bits per heavy atom. The van der Waals surface area contributed by atoms with Crippen LogP contribution in [-0.2, 0) is 17.8 Å². The number of pyridine rings is 1. The van der Waals surface area contributed by atoms with Gasteiger partial charge in [0.15, 0.2) is 11.5 Å². The van der Waals surface area contributed by atoms with Crippen LogP contribution in [0.15, 0.2) is 48.8 Å². The van der Waals surface area contributed by atoms with E-state index in [1.54, 1.807) is 0 Å². The number of benzene rings is 1. The third-order valence-electron chi connectivity index (χ3n) is 4.68. The van der Waals surface area contributed by atoms with Crippen LogP contribution in [0.5, 0.6) is 11.5 Å². The summed E-state index contributed by atoms with van der Waals surface area (Å²) in [7, 11) is 0. The Labute approximate surface area is 158 Å². The largest absolute Gasteiger partial charge is 0.485 e. The molecule has 1 aromatic carbocycles. The SMILES string of the molecule is CCCn1cc(CCNC(=O)[C@H]2COc3ccccc3O2)c2cccnc21. The highest BCUT2D eigenvalue weighted by molar-refractivity contribution is 5.82. The molecule has 0 fully saturated rings. The van der Waals surface area contributed by atoms with Crippen molar-refractivity contribution in [2.24, 2.45) is 0 Å². The second kappa shape index (κ2) is 7.70. The minimum atomic E-state index is -0.622. The van der Waals surface area contributed by atoms with Crippen molar-refractivity contribution in [1.82, 2.24) is 14.9 Å². The van der Waals surface area contributed by atoms with Crippen molar-refractivity contribution in [2.75, 3.05) is 13.2 Å². The first-order valence-electron chi connectivity index (χ1n) is 9.35. The predicted octanol–water partition coefficient (Wildman–Crippen LogP) is 2.95. The highest BCUT2D eigenvalue weighted by Gasteiger charge is 2.26. The predicted molar refractivity (Wildman–Crippen MR) is 103 cm³/mol. The van der Waals surface area contributed by atoms with Crippen molar-refractivity contribution in [3.8, 4) is 11.5 Å². The van der Waals surface area contributed by atoms with Crippen molar-refractivity contribution in [2.45, 2.75) is 32.4 Å². The van der Waals surface area contributed by atoms with E-state index in [-0.39, 0.29) is 12.5 Å². The third-order valence-corrected chi connectivity index (χ3v) is 4.68. The molecule has 0 spiro atoms. The van der Waals surface area contributed by atoms with E-state index in [4.69, 9.17) is 9.47 Å². The number of aryl methyl sites for hydroxylation is 1. The number of fused-ring (bicyclic) bond motifs is 2. The van der Waals surface area contributed by atoms with Gasteiger partial charge in [0, 0.05) is 30.9 Å². The Bertz CT molecular complexity index is 951. The number of rotatable bonds is 6. The second-order valence-corrected chi connectivity index (χ2v) is 6.63. The maximum Gasteiger partial charge on any atom is 0.264 e. The molecule has 1 atom stereocenters. The molecule has 4 rings (SSSR count). The van der Waals surface area contributed by atoms with E-state index in [9.17, 15) is 4.79 Å². The van der Waals surface area contributed by atoms with Crippen molar-refractivity contribution in [3.63, 3.8) is 0 Å². The number of hydrogen-bond donors (Lipinski definition) is 1. The minimum Gasteiger partial charge on any atom is -0.485 e. The molecule has 1 aliphatic heterocycles. The summed E-state index contributed by atoms with van der Waals surface area (Å²) in [4.78, 5) is 16.9. The maximum atomic E-state index is 12.4. The number of hydrogen-bond acceptors (Lipinski definition) is 4. The van der Waals surface area contributed by atoms with E-state index < -0.39 is 6.10 Å². The zero-order valence-corrected chi connectivity index (χ0v) is 15.4. The van der Waals surface area contributed by atoms with Gasteiger partial charge in [-0.25, -0.2) is 4.98 Å². The number of nitrogens with one attached hydrogen (secondary N) is 1. The van der Waals surface area contributed by atoms with Crippen LogP contribution >= 0.6 is 0 Å². The first-order valence-corrected chi connectivity index (χ1v) is 9.35. The van der Waals surface area contributed by atoms with Gasteiger partial charge in [0.2, 0.25) is 6.10 Å². The van der Waals surface area contributed by atoms with Crippen LogP contribution in [0, 0.1) is 0 Å². The van der Waals surface area contributed by atoms with Crippen molar-refractivity contribution < 1.29 is 14.3 Å². The normalized spacial score (nSPS) is 15.7. The van der Waals surface area contributed by atoms with Crippen LogP contribution < -0.4 is 14.8 Å². The zero-order chi connectivity index (χ0) is 18.6. The van der Waals surface area contributed by atoms with Gasteiger partial charge in [0.1, 0.15) is 12.3 Å². The van der Waals surface area contributed by atoms with E-state index in [1.807, 2.05) is 36.5 Å². The molecule has 140 valence electrons. The number of aromatic nitrogens is 2. The van der Waals surface area contributed by atoms with Crippen LogP contribution in [0.4, 0.5) is 0 Å². The van der Waals surface area contributed by atoms with E-state index in [0.717, 1.165) is 30.4 Å². The average molecular weight is 365 g/mol. The van der Waals surface area contributed by atoms with Crippen LogP contribution in [-0.4, -0.2) is 34.7 Å². The first kappa shape index (κ1) is 17.4. The van der Waals surface area contributed by atoms with Gasteiger partial charge >= 0.3 is 0 Å². The smallest absolute Gasteiger partial charge is 0.264 e. The van der Waals surface area contributed by atoms with E-state index in [2.05, 4.69) is 34.1 Å². The number of amides is 1. The number of ether oxygens (including phenoxy) is 2. The Morgan fingerprint density at radius 2 is 2.11 bits per heavy atom. The molecule has 0 bridgehead atoms. The molecule has 1 N–H and O–H groups in total. The standard InChI is InChI=1S/C21H23N3O3/c1-2-12-24-13-15(16-6-5-10-22-20(16)24)9-11-23-21(25)19-14-26-17-7-3-4-8-18(17)27-19/h3-8,10,13,19H,2,9,11-12,14H2,1H3,(H,23,25)/t19-/m1/s1. The van der Waals surface area contributed by atoms with Crippen molar-refractivity contribution >= 4 is 16.9 Å². The van der Waals surface area contributed by atoms with E-state index in [0.29, 0.717) is 18.0 Å². The van der Waals surface area contributed by atoms with Gasteiger partial charge in [-0.15, -0.1) is 0 Å². The summed E-state index contributed by atoms with van der Waals surface area (Å²) in [6.07, 6.45) is 5.14. The molecule has 2 aromatic heterocycles. The molecule has 1 aliphatic rings. The summed E-state index contributed by atoms with van der Waals surface area (Å²) >= 11 is 0. The number of nitrogens with zero attached hydrogens (tertiary/aromatic N) is 2. The fourth-order valence-electron chi connectivity index (χ4n) is 3.39. The Morgan fingerprint density at radius 1 is 1.26 bits per heavy atom. The van der Waals surface area contributed by atoms with Crippen LogP contribution in [0.1, 0.15) is 18.9 Å². The van der Waals surface area contributed by atoms with Crippen molar-refractivity contribution in [1.29, 1.82) is 0 Å². The Balaban J connectivity index is 1.38. The minimum absolute atomic E-state index is 0.153. The quantitative estimate of drug-likeness (QED) is 0.729. The molecule has 6 nitrogen and oxygen atoms in total. The summed E-state index contributed by atoms with van der Waals surface area (Å²) in [5.74, 6) is 1.13. The summed E-state index contributed by atoms with van der Waals surface area (Å²) in [6, 6.07) is 11.4. The highest BCUT2D eigenvalue weighted by Crippen LogP contribution is 2.30. The monoisotopic (exact) mass is 365 g/mol. The van der Waals surface area contributed by atoms with Gasteiger partial charge in [-0.3, -0.25) is 4.79 Å². The fourth-order valence-corrected chi connectivity index (χ4v) is 3.39. The van der Waals surface area contributed by atoms with Crippen LogP contribution in [0.2, 0.25) is 0 Å². The van der Waals surface area contributed by atoms with Crippen molar-refractivity contribution in [3.05, 3.63) is 54.4 Å². The topological polar surface area (TPSA) is 65.4 Å². The molecule has 3 aromatic rings. The second-order valence-electron chi connectivity index (χ2n) is 6.63. The lowest BCUT2D eigenvalue weighted by molar-refractivity contribution is -0.130. The Kier molecular flexibility index (Phi) is 4.96. The van der Waals surface area contributed by atoms with Gasteiger partial charge in [0.25, 0.3) is 5.91 Å². The van der Waals surface area contributed by atoms with Crippen LogP contribution in [0.3, 0.4) is 0 Å². The van der Waals surface area contributed by atoms with Crippen LogP contribution in [0.25, 0.3) is 11.0 Å². The molecular formula is C21H23N3O3. The third kappa shape index (κ3) is 3.60. The zero-order valence-electron chi connectivity index (χ0n) is 15.4. The van der Waals surface area contributed by atoms with E-state index in [1.165, 1.54) is 5.56 Å². The average Bonchev–Trinajstić information content (AvgIpc) is 3.06. The molecule has 0 aliphatic carbocycles. The lowest BCUT2D eigenvalue weighted by atomic mass is 10.1. The number of para-hydroxylation sites is 2. The molecule has 0 saturated carbocycles. The van der Waals surface area contributed by atoms with Gasteiger partial charge in [0.05, 0.1) is 0 Å². The molecular weight excluding hydrogens is 342 g/mol. The molecule has 6 heteroatoms. The molecule has 0 radical (unpaired) electrons. The number of carbonyl (C=O) groups excluding carboxylic acids is 1. The first-order chi connectivity index (χ1) is 13.3. The summed E-state index contributed by atoms with van der Waals surface area (Å²) in [5, 5.41) is 4.11. The van der Waals surface area contributed by atoms with Gasteiger partial charge < -0.3 is 19.4 Å². The summed E-state index contributed by atoms with van der Waals surface area (Å²) < 4.78 is 13.5. The maximum absolute atomic E-state index is 12.4. The van der Waals surface area contributed by atoms with E-state index >= 15 is 0 Å². The fraction of sp³-hybridized carbons (Fsp3) is 0.333. The molecule has 0 unspecified atom stereocenters.